The Kier molecular flexibility index (Phi) is 5.19. The molecule has 3 atom stereocenters. The second-order valence-corrected chi connectivity index (χ2v) is 4.63. The normalized spacial score (nSPS) is 25.4. The van der Waals surface area contributed by atoms with Gasteiger partial charge in [0, 0.05) is 19.2 Å². The van der Waals surface area contributed by atoms with E-state index in [1.165, 1.54) is 0 Å². The fraction of sp³-hybridized carbons (Fsp3) is 0.692. The van der Waals surface area contributed by atoms with Crippen molar-refractivity contribution in [2.45, 2.75) is 38.2 Å². The number of nitrogens with one attached hydrogen (secondary N) is 1. The van der Waals surface area contributed by atoms with E-state index in [0.717, 1.165) is 18.8 Å². The molecule has 2 rings (SSSR count). The molecule has 1 aliphatic heterocycles. The highest BCUT2D eigenvalue weighted by Crippen LogP contribution is 2.12. The Hall–Kier alpha value is -0.880. The molecule has 18 heavy (non-hydrogen) atoms. The van der Waals surface area contributed by atoms with Crippen LogP contribution in [0.15, 0.2) is 22.8 Å². The van der Waals surface area contributed by atoms with Crippen molar-refractivity contribution in [3.8, 4) is 0 Å². The van der Waals surface area contributed by atoms with Crippen LogP contribution in [0.3, 0.4) is 0 Å². The molecule has 0 saturated carbocycles. The van der Waals surface area contributed by atoms with Gasteiger partial charge in [0.25, 0.3) is 0 Å². The fourth-order valence-corrected chi connectivity index (χ4v) is 2.04. The maximum absolute atomic E-state index is 9.77. The first-order valence-corrected chi connectivity index (χ1v) is 6.39. The molecule has 0 spiro atoms. The van der Waals surface area contributed by atoms with Crippen LogP contribution in [0.4, 0.5) is 0 Å². The first kappa shape index (κ1) is 13.5. The second kappa shape index (κ2) is 6.89. The van der Waals surface area contributed by atoms with Crippen molar-refractivity contribution in [2.24, 2.45) is 0 Å². The van der Waals surface area contributed by atoms with Crippen LogP contribution >= 0.6 is 0 Å². The number of aliphatic hydroxyl groups excluding tert-OH is 1. The van der Waals surface area contributed by atoms with Crippen LogP contribution in [0.1, 0.15) is 19.1 Å². The molecule has 1 aliphatic rings. The standard InChI is InChI=1S/C13H21NO4/c1-10-13(4-6-17-10)14-7-11(15)8-16-9-12-3-2-5-18-12/h2-3,5,10-11,13-15H,4,6-9H2,1H3. The molecule has 5 heteroatoms. The van der Waals surface area contributed by atoms with Crippen LogP contribution in [0.25, 0.3) is 0 Å². The molecule has 0 amide bonds. The van der Waals surface area contributed by atoms with Gasteiger partial charge in [-0.2, -0.15) is 0 Å². The molecule has 0 bridgehead atoms. The van der Waals surface area contributed by atoms with Crippen molar-refractivity contribution in [3.05, 3.63) is 24.2 Å². The van der Waals surface area contributed by atoms with Crippen molar-refractivity contribution < 1.29 is 19.0 Å². The van der Waals surface area contributed by atoms with Gasteiger partial charge in [-0.15, -0.1) is 0 Å². The number of ether oxygens (including phenoxy) is 2. The lowest BCUT2D eigenvalue weighted by atomic mass is 10.1. The van der Waals surface area contributed by atoms with Gasteiger partial charge in [-0.25, -0.2) is 0 Å². The highest BCUT2D eigenvalue weighted by atomic mass is 16.5. The summed E-state index contributed by atoms with van der Waals surface area (Å²) < 4.78 is 15.9. The van der Waals surface area contributed by atoms with Crippen molar-refractivity contribution in [1.29, 1.82) is 0 Å². The lowest BCUT2D eigenvalue weighted by molar-refractivity contribution is 0.0200. The van der Waals surface area contributed by atoms with E-state index in [0.29, 0.717) is 25.8 Å². The highest BCUT2D eigenvalue weighted by molar-refractivity contribution is 4.96. The number of aliphatic hydroxyl groups is 1. The summed E-state index contributed by atoms with van der Waals surface area (Å²) in [7, 11) is 0. The first-order valence-electron chi connectivity index (χ1n) is 6.39. The summed E-state index contributed by atoms with van der Waals surface area (Å²) in [5.41, 5.74) is 0. The number of furan rings is 1. The lowest BCUT2D eigenvalue weighted by Crippen LogP contribution is -2.40. The SMILES string of the molecule is CC1OCCC1NCC(O)COCc1ccco1. The Balaban J connectivity index is 1.56. The quantitative estimate of drug-likeness (QED) is 0.758. The summed E-state index contributed by atoms with van der Waals surface area (Å²) in [6, 6.07) is 4.00. The monoisotopic (exact) mass is 255 g/mol. The van der Waals surface area contributed by atoms with Gasteiger partial charge in [-0.3, -0.25) is 0 Å². The second-order valence-electron chi connectivity index (χ2n) is 4.63. The van der Waals surface area contributed by atoms with Crippen LogP contribution in [-0.2, 0) is 16.1 Å². The van der Waals surface area contributed by atoms with Gasteiger partial charge in [0.05, 0.1) is 25.1 Å². The van der Waals surface area contributed by atoms with Gasteiger partial charge >= 0.3 is 0 Å². The zero-order valence-corrected chi connectivity index (χ0v) is 10.7. The molecule has 2 N–H and O–H groups in total. The van der Waals surface area contributed by atoms with Crippen molar-refractivity contribution in [3.63, 3.8) is 0 Å². The van der Waals surface area contributed by atoms with Gasteiger partial charge < -0.3 is 24.3 Å². The smallest absolute Gasteiger partial charge is 0.129 e. The van der Waals surface area contributed by atoms with Crippen molar-refractivity contribution >= 4 is 0 Å². The molecule has 0 aliphatic carbocycles. The maximum atomic E-state index is 9.77. The van der Waals surface area contributed by atoms with Crippen LogP contribution in [-0.4, -0.2) is 43.1 Å². The topological polar surface area (TPSA) is 63.9 Å². The predicted molar refractivity (Wildman–Crippen MR) is 66.2 cm³/mol. The van der Waals surface area contributed by atoms with Crippen LogP contribution in [0, 0.1) is 0 Å². The molecule has 5 nitrogen and oxygen atoms in total. The fourth-order valence-electron chi connectivity index (χ4n) is 2.04. The third-order valence-corrected chi connectivity index (χ3v) is 3.13. The number of hydrogen-bond acceptors (Lipinski definition) is 5. The van der Waals surface area contributed by atoms with Gasteiger partial charge in [-0.1, -0.05) is 0 Å². The van der Waals surface area contributed by atoms with E-state index in [4.69, 9.17) is 13.9 Å². The first-order chi connectivity index (χ1) is 8.75. The Labute approximate surface area is 107 Å². The molecule has 0 aromatic carbocycles. The molecule has 1 aromatic rings. The molecular formula is C13H21NO4. The maximum Gasteiger partial charge on any atom is 0.129 e. The summed E-state index contributed by atoms with van der Waals surface area (Å²) >= 11 is 0. The zero-order chi connectivity index (χ0) is 12.8. The van der Waals surface area contributed by atoms with E-state index in [1.807, 2.05) is 19.1 Å². The molecular weight excluding hydrogens is 234 g/mol. The van der Waals surface area contributed by atoms with Gasteiger partial charge in [0.15, 0.2) is 0 Å². The summed E-state index contributed by atoms with van der Waals surface area (Å²) in [6.45, 7) is 4.06. The molecule has 1 fully saturated rings. The number of hydrogen-bond donors (Lipinski definition) is 2. The van der Waals surface area contributed by atoms with E-state index in [9.17, 15) is 5.11 Å². The van der Waals surface area contributed by atoms with Crippen molar-refractivity contribution in [2.75, 3.05) is 19.8 Å². The molecule has 102 valence electrons. The predicted octanol–water partition coefficient (Wildman–Crippen LogP) is 0.924. The van der Waals surface area contributed by atoms with Gasteiger partial charge in [-0.05, 0) is 25.5 Å². The molecule has 2 heterocycles. The molecule has 0 radical (unpaired) electrons. The Bertz CT molecular complexity index is 328. The Morgan fingerprint density at radius 3 is 3.17 bits per heavy atom. The minimum absolute atomic E-state index is 0.223. The number of rotatable bonds is 7. The summed E-state index contributed by atoms with van der Waals surface area (Å²) in [4.78, 5) is 0. The third-order valence-electron chi connectivity index (χ3n) is 3.13. The average Bonchev–Trinajstić information content (AvgIpc) is 2.98. The zero-order valence-electron chi connectivity index (χ0n) is 10.7. The summed E-state index contributed by atoms with van der Waals surface area (Å²) in [5, 5.41) is 13.1. The minimum atomic E-state index is -0.507. The minimum Gasteiger partial charge on any atom is -0.467 e. The van der Waals surface area contributed by atoms with Gasteiger partial charge in [0.1, 0.15) is 12.4 Å². The summed E-state index contributed by atoms with van der Waals surface area (Å²) in [6.07, 6.45) is 2.33. The highest BCUT2D eigenvalue weighted by Gasteiger charge is 2.24. The van der Waals surface area contributed by atoms with E-state index < -0.39 is 6.10 Å². The van der Waals surface area contributed by atoms with Crippen LogP contribution in [0.2, 0.25) is 0 Å². The Morgan fingerprint density at radius 1 is 1.61 bits per heavy atom. The van der Waals surface area contributed by atoms with Crippen molar-refractivity contribution in [1.82, 2.24) is 5.32 Å². The van der Waals surface area contributed by atoms with E-state index in [2.05, 4.69) is 5.32 Å². The van der Waals surface area contributed by atoms with E-state index in [-0.39, 0.29) is 6.10 Å². The average molecular weight is 255 g/mol. The molecule has 1 saturated heterocycles. The lowest BCUT2D eigenvalue weighted by Gasteiger charge is -2.18. The Morgan fingerprint density at radius 2 is 2.50 bits per heavy atom. The van der Waals surface area contributed by atoms with E-state index >= 15 is 0 Å². The summed E-state index contributed by atoms with van der Waals surface area (Å²) in [5.74, 6) is 0.771. The third kappa shape index (κ3) is 4.10. The van der Waals surface area contributed by atoms with Gasteiger partial charge in [0.2, 0.25) is 0 Å². The largest absolute Gasteiger partial charge is 0.467 e. The molecule has 3 unspecified atom stereocenters. The van der Waals surface area contributed by atoms with Crippen LogP contribution in [0.5, 0.6) is 0 Å². The van der Waals surface area contributed by atoms with E-state index in [1.54, 1.807) is 6.26 Å². The molecule has 1 aromatic heterocycles. The van der Waals surface area contributed by atoms with Crippen LogP contribution < -0.4 is 5.32 Å².